The van der Waals surface area contributed by atoms with Crippen molar-refractivity contribution in [3.63, 3.8) is 0 Å². The number of nitrogens with zero attached hydrogens (tertiary/aromatic N) is 2. The second-order valence-electron chi connectivity index (χ2n) is 2.34. The molecule has 0 aliphatic carbocycles. The minimum absolute atomic E-state index is 0.562. The van der Waals surface area contributed by atoms with Gasteiger partial charge in [-0.1, -0.05) is 12.1 Å². The lowest BCUT2D eigenvalue weighted by molar-refractivity contribution is 0.536. The molecular formula is C8H4I2N2O. The fraction of sp³-hybridized carbons (Fsp3) is 0. The molecule has 0 bridgehead atoms. The molecule has 0 fully saturated rings. The highest BCUT2D eigenvalue weighted by atomic mass is 127. The molecule has 1 heterocycles. The van der Waals surface area contributed by atoms with Crippen molar-refractivity contribution in [1.29, 1.82) is 0 Å². The molecule has 0 radical (unpaired) electrons. The maximum Gasteiger partial charge on any atom is 0.278 e. The predicted molar refractivity (Wildman–Crippen MR) is 65.2 cm³/mol. The lowest BCUT2D eigenvalue weighted by atomic mass is 10.2. The van der Waals surface area contributed by atoms with E-state index in [1.54, 1.807) is 0 Å². The number of rotatable bonds is 1. The third-order valence-electron chi connectivity index (χ3n) is 1.50. The molecule has 0 saturated heterocycles. The zero-order valence-corrected chi connectivity index (χ0v) is 10.7. The summed E-state index contributed by atoms with van der Waals surface area (Å²) in [5.74, 6) is 0.578. The zero-order chi connectivity index (χ0) is 9.26. The summed E-state index contributed by atoms with van der Waals surface area (Å²) in [6, 6.07) is 7.90. The summed E-state index contributed by atoms with van der Waals surface area (Å²) < 4.78 is 6.98. The largest absolute Gasteiger partial charge is 0.412 e. The van der Waals surface area contributed by atoms with Gasteiger partial charge >= 0.3 is 0 Å². The molecule has 0 aliphatic rings. The Labute approximate surface area is 102 Å². The van der Waals surface area contributed by atoms with Crippen molar-refractivity contribution in [3.8, 4) is 11.5 Å². The highest BCUT2D eigenvalue weighted by Crippen LogP contribution is 2.23. The van der Waals surface area contributed by atoms with E-state index in [0.29, 0.717) is 9.79 Å². The van der Waals surface area contributed by atoms with Gasteiger partial charge in [-0.3, -0.25) is 0 Å². The molecule has 0 aliphatic heterocycles. The number of aromatic nitrogens is 2. The lowest BCUT2D eigenvalue weighted by Gasteiger charge is -1.96. The summed E-state index contributed by atoms with van der Waals surface area (Å²) >= 11 is 4.24. The maximum atomic E-state index is 5.31. The highest BCUT2D eigenvalue weighted by Gasteiger charge is 2.08. The van der Waals surface area contributed by atoms with Crippen LogP contribution >= 0.6 is 45.2 Å². The normalized spacial score (nSPS) is 10.3. The van der Waals surface area contributed by atoms with Gasteiger partial charge in [0.1, 0.15) is 0 Å². The van der Waals surface area contributed by atoms with E-state index in [0.717, 1.165) is 9.13 Å². The first-order chi connectivity index (χ1) is 6.27. The van der Waals surface area contributed by atoms with Crippen LogP contribution in [0.15, 0.2) is 28.7 Å². The van der Waals surface area contributed by atoms with Crippen LogP contribution in [-0.4, -0.2) is 10.2 Å². The van der Waals surface area contributed by atoms with Crippen molar-refractivity contribution in [2.75, 3.05) is 0 Å². The molecule has 13 heavy (non-hydrogen) atoms. The molecule has 0 spiro atoms. The SMILES string of the molecule is Ic1nnc(-c2ccccc2I)o1. The summed E-state index contributed by atoms with van der Waals surface area (Å²) in [7, 11) is 0. The molecule has 2 rings (SSSR count). The van der Waals surface area contributed by atoms with Crippen molar-refractivity contribution in [2.45, 2.75) is 0 Å². The van der Waals surface area contributed by atoms with Crippen LogP contribution < -0.4 is 0 Å². The molecule has 1 aromatic heterocycles. The van der Waals surface area contributed by atoms with Gasteiger partial charge in [0.2, 0.25) is 5.89 Å². The summed E-state index contributed by atoms with van der Waals surface area (Å²) in [6.07, 6.45) is 0. The first-order valence-electron chi connectivity index (χ1n) is 3.51. The van der Waals surface area contributed by atoms with Crippen LogP contribution in [0, 0.1) is 7.47 Å². The zero-order valence-electron chi connectivity index (χ0n) is 6.37. The highest BCUT2D eigenvalue weighted by molar-refractivity contribution is 14.1. The van der Waals surface area contributed by atoms with E-state index in [2.05, 4.69) is 32.8 Å². The number of halogens is 2. The first-order valence-corrected chi connectivity index (χ1v) is 5.67. The first kappa shape index (κ1) is 9.38. The van der Waals surface area contributed by atoms with Gasteiger partial charge in [-0.2, -0.15) is 0 Å². The molecule has 0 N–H and O–H groups in total. The minimum Gasteiger partial charge on any atom is -0.412 e. The van der Waals surface area contributed by atoms with Crippen LogP contribution in [0.1, 0.15) is 0 Å². The number of hydrogen-bond acceptors (Lipinski definition) is 3. The molecule has 0 saturated carbocycles. The second-order valence-corrected chi connectivity index (χ2v) is 4.43. The fourth-order valence-corrected chi connectivity index (χ4v) is 1.88. The van der Waals surface area contributed by atoms with E-state index in [1.165, 1.54) is 0 Å². The summed E-state index contributed by atoms with van der Waals surface area (Å²) in [6.45, 7) is 0. The number of benzene rings is 1. The molecule has 0 atom stereocenters. The topological polar surface area (TPSA) is 38.9 Å². The van der Waals surface area contributed by atoms with E-state index in [-0.39, 0.29) is 0 Å². The minimum atomic E-state index is 0.562. The van der Waals surface area contributed by atoms with Gasteiger partial charge in [-0.05, 0) is 34.7 Å². The van der Waals surface area contributed by atoms with Gasteiger partial charge < -0.3 is 4.42 Å². The Kier molecular flexibility index (Phi) is 2.82. The van der Waals surface area contributed by atoms with Gasteiger partial charge in [-0.25, -0.2) is 0 Å². The van der Waals surface area contributed by atoms with Crippen LogP contribution in [0.4, 0.5) is 0 Å². The van der Waals surface area contributed by atoms with Gasteiger partial charge in [-0.15, -0.1) is 10.2 Å². The van der Waals surface area contributed by atoms with Gasteiger partial charge in [0.15, 0.2) is 0 Å². The lowest BCUT2D eigenvalue weighted by Crippen LogP contribution is -1.81. The Balaban J connectivity index is 2.52. The van der Waals surface area contributed by atoms with E-state index in [9.17, 15) is 0 Å². The average Bonchev–Trinajstić information content (AvgIpc) is 2.53. The van der Waals surface area contributed by atoms with Crippen LogP contribution in [-0.2, 0) is 0 Å². The van der Waals surface area contributed by atoms with E-state index >= 15 is 0 Å². The van der Waals surface area contributed by atoms with E-state index in [4.69, 9.17) is 4.42 Å². The van der Waals surface area contributed by atoms with Crippen molar-refractivity contribution in [3.05, 3.63) is 31.7 Å². The quantitative estimate of drug-likeness (QED) is 0.694. The van der Waals surface area contributed by atoms with Crippen molar-refractivity contribution < 1.29 is 4.42 Å². The maximum absolute atomic E-state index is 5.31. The Morgan fingerprint density at radius 1 is 1.08 bits per heavy atom. The molecule has 66 valence electrons. The van der Waals surface area contributed by atoms with Crippen LogP contribution in [0.3, 0.4) is 0 Å². The molecule has 5 heteroatoms. The number of hydrogen-bond donors (Lipinski definition) is 0. The Bertz CT molecular complexity index is 428. The monoisotopic (exact) mass is 398 g/mol. The predicted octanol–water partition coefficient (Wildman–Crippen LogP) is 2.95. The fourth-order valence-electron chi connectivity index (χ4n) is 0.949. The second kappa shape index (κ2) is 3.91. The smallest absolute Gasteiger partial charge is 0.278 e. The van der Waals surface area contributed by atoms with E-state index < -0.39 is 0 Å². The van der Waals surface area contributed by atoms with Crippen LogP contribution in [0.5, 0.6) is 0 Å². The molecule has 0 unspecified atom stereocenters. The summed E-state index contributed by atoms with van der Waals surface area (Å²) in [4.78, 5) is 0. The molecule has 3 nitrogen and oxygen atoms in total. The third-order valence-corrected chi connectivity index (χ3v) is 2.88. The van der Waals surface area contributed by atoms with Crippen molar-refractivity contribution in [2.24, 2.45) is 0 Å². The summed E-state index contributed by atoms with van der Waals surface area (Å²) in [5.41, 5.74) is 0.985. The molecule has 2 aromatic rings. The Hall–Kier alpha value is -0.180. The Morgan fingerprint density at radius 3 is 2.46 bits per heavy atom. The van der Waals surface area contributed by atoms with Gasteiger partial charge in [0.05, 0.1) is 5.56 Å². The van der Waals surface area contributed by atoms with Crippen molar-refractivity contribution in [1.82, 2.24) is 10.2 Å². The third kappa shape index (κ3) is 2.01. The van der Waals surface area contributed by atoms with Gasteiger partial charge in [0, 0.05) is 26.2 Å². The van der Waals surface area contributed by atoms with Crippen LogP contribution in [0.25, 0.3) is 11.5 Å². The molecular weight excluding hydrogens is 394 g/mol. The Morgan fingerprint density at radius 2 is 1.85 bits per heavy atom. The molecule has 0 amide bonds. The van der Waals surface area contributed by atoms with Crippen LogP contribution in [0.2, 0.25) is 0 Å². The summed E-state index contributed by atoms with van der Waals surface area (Å²) in [5, 5.41) is 7.72. The molecule has 1 aromatic carbocycles. The standard InChI is InChI=1S/C8H4I2N2O/c9-6-4-2-1-3-5(6)7-11-12-8(10)13-7/h1-4H. The average molecular weight is 398 g/mol. The van der Waals surface area contributed by atoms with Gasteiger partial charge in [0.25, 0.3) is 3.90 Å². The van der Waals surface area contributed by atoms with E-state index in [1.807, 2.05) is 46.9 Å². The van der Waals surface area contributed by atoms with Crippen molar-refractivity contribution >= 4 is 45.2 Å².